The third-order valence-electron chi connectivity index (χ3n) is 3.35. The Morgan fingerprint density at radius 3 is 2.47 bits per heavy atom. The summed E-state index contributed by atoms with van der Waals surface area (Å²) in [6, 6.07) is 0. The van der Waals surface area contributed by atoms with Crippen molar-refractivity contribution >= 4 is 11.8 Å². The van der Waals surface area contributed by atoms with Gasteiger partial charge in [-0.05, 0) is 0 Å². The number of aliphatic hydroxyl groups excluding tert-OH is 1. The maximum Gasteiger partial charge on any atom is 0.232 e. The quantitative estimate of drug-likeness (QED) is 0.519. The molecule has 1 aliphatic heterocycles. The zero-order valence-electron chi connectivity index (χ0n) is 11.5. The first-order chi connectivity index (χ1) is 8.96. The SMILES string of the molecule is C=CC(O)C(OC)C(CN1C(=O)CC(C)C1=O)OC. The Labute approximate surface area is 113 Å². The number of aliphatic hydroxyl groups is 1. The molecule has 4 atom stereocenters. The molecule has 0 radical (unpaired) electrons. The van der Waals surface area contributed by atoms with Gasteiger partial charge in [0.15, 0.2) is 0 Å². The van der Waals surface area contributed by atoms with Crippen LogP contribution in [-0.4, -0.2) is 60.9 Å². The van der Waals surface area contributed by atoms with Crippen molar-refractivity contribution in [2.24, 2.45) is 5.92 Å². The fraction of sp³-hybridized carbons (Fsp3) is 0.692. The molecule has 19 heavy (non-hydrogen) atoms. The van der Waals surface area contributed by atoms with Crippen LogP contribution in [0.15, 0.2) is 12.7 Å². The second kappa shape index (κ2) is 6.79. The Bertz CT molecular complexity index is 357. The fourth-order valence-electron chi connectivity index (χ4n) is 2.18. The van der Waals surface area contributed by atoms with Crippen molar-refractivity contribution in [2.45, 2.75) is 31.7 Å². The molecule has 1 fully saturated rings. The summed E-state index contributed by atoms with van der Waals surface area (Å²) in [5, 5.41) is 9.77. The van der Waals surface area contributed by atoms with Crippen molar-refractivity contribution in [1.82, 2.24) is 4.90 Å². The molecule has 1 saturated heterocycles. The normalized spacial score (nSPS) is 24.4. The topological polar surface area (TPSA) is 76.1 Å². The first-order valence-electron chi connectivity index (χ1n) is 6.16. The number of carbonyl (C=O) groups is 2. The predicted molar refractivity (Wildman–Crippen MR) is 68.3 cm³/mol. The van der Waals surface area contributed by atoms with E-state index in [1.54, 1.807) is 6.92 Å². The molecule has 1 N–H and O–H groups in total. The molecule has 1 rings (SSSR count). The lowest BCUT2D eigenvalue weighted by atomic mass is 10.1. The number of likely N-dealkylation sites (tertiary alicyclic amines) is 1. The van der Waals surface area contributed by atoms with E-state index in [9.17, 15) is 14.7 Å². The van der Waals surface area contributed by atoms with Crippen LogP contribution < -0.4 is 0 Å². The fourth-order valence-corrected chi connectivity index (χ4v) is 2.18. The van der Waals surface area contributed by atoms with E-state index in [1.165, 1.54) is 25.2 Å². The van der Waals surface area contributed by atoms with Crippen LogP contribution in [0.25, 0.3) is 0 Å². The number of methoxy groups -OCH3 is 2. The molecule has 0 saturated carbocycles. The molecule has 6 heteroatoms. The van der Waals surface area contributed by atoms with Crippen LogP contribution in [0.5, 0.6) is 0 Å². The molecule has 1 aliphatic rings. The number of rotatable bonds is 7. The van der Waals surface area contributed by atoms with Crippen molar-refractivity contribution in [2.75, 3.05) is 20.8 Å². The average molecular weight is 271 g/mol. The molecule has 0 aliphatic carbocycles. The Kier molecular flexibility index (Phi) is 5.65. The second-order valence-corrected chi connectivity index (χ2v) is 4.65. The lowest BCUT2D eigenvalue weighted by molar-refractivity contribution is -0.145. The summed E-state index contributed by atoms with van der Waals surface area (Å²) in [7, 11) is 2.88. The molecule has 0 aromatic heterocycles. The predicted octanol–water partition coefficient (Wildman–Crippen LogP) is -0.0417. The molecule has 1 heterocycles. The van der Waals surface area contributed by atoms with E-state index in [4.69, 9.17) is 9.47 Å². The smallest absolute Gasteiger partial charge is 0.232 e. The summed E-state index contributed by atoms with van der Waals surface area (Å²) in [6.07, 6.45) is -0.664. The van der Waals surface area contributed by atoms with E-state index in [0.29, 0.717) is 0 Å². The van der Waals surface area contributed by atoms with E-state index in [0.717, 1.165) is 0 Å². The van der Waals surface area contributed by atoms with Crippen molar-refractivity contribution in [3.8, 4) is 0 Å². The molecule has 0 aromatic carbocycles. The Morgan fingerprint density at radius 2 is 2.11 bits per heavy atom. The molecular formula is C13H21NO5. The minimum atomic E-state index is -0.930. The number of hydrogen-bond donors (Lipinski definition) is 1. The summed E-state index contributed by atoms with van der Waals surface area (Å²) >= 11 is 0. The highest BCUT2D eigenvalue weighted by Crippen LogP contribution is 2.21. The summed E-state index contributed by atoms with van der Waals surface area (Å²) in [4.78, 5) is 24.7. The summed E-state index contributed by atoms with van der Waals surface area (Å²) in [6.45, 7) is 5.27. The molecule has 108 valence electrons. The first kappa shape index (κ1) is 15.8. The van der Waals surface area contributed by atoms with Gasteiger partial charge in [-0.15, -0.1) is 6.58 Å². The average Bonchev–Trinajstić information content (AvgIpc) is 2.63. The van der Waals surface area contributed by atoms with Gasteiger partial charge in [-0.1, -0.05) is 13.0 Å². The van der Waals surface area contributed by atoms with E-state index < -0.39 is 18.3 Å². The number of hydrogen-bond acceptors (Lipinski definition) is 5. The van der Waals surface area contributed by atoms with E-state index in [2.05, 4.69) is 6.58 Å². The van der Waals surface area contributed by atoms with Gasteiger partial charge in [0.1, 0.15) is 18.3 Å². The van der Waals surface area contributed by atoms with Gasteiger partial charge in [-0.25, -0.2) is 0 Å². The highest BCUT2D eigenvalue weighted by molar-refractivity contribution is 6.03. The summed E-state index contributed by atoms with van der Waals surface area (Å²) in [5.74, 6) is -0.729. The second-order valence-electron chi connectivity index (χ2n) is 4.65. The van der Waals surface area contributed by atoms with Gasteiger partial charge in [0, 0.05) is 26.6 Å². The molecule has 4 unspecified atom stereocenters. The lowest BCUT2D eigenvalue weighted by Gasteiger charge is -2.30. The standard InChI is InChI=1S/C13H21NO5/c1-5-9(15)12(19-4)10(18-3)7-14-11(16)6-8(2)13(14)17/h5,8-10,12,15H,1,6-7H2,2-4H3. The first-order valence-corrected chi connectivity index (χ1v) is 6.16. The highest BCUT2D eigenvalue weighted by Gasteiger charge is 2.39. The zero-order chi connectivity index (χ0) is 14.6. The van der Waals surface area contributed by atoms with Crippen LogP contribution in [0, 0.1) is 5.92 Å². The van der Waals surface area contributed by atoms with Crippen molar-refractivity contribution < 1.29 is 24.2 Å². The maximum absolute atomic E-state index is 11.8. The van der Waals surface area contributed by atoms with Gasteiger partial charge in [-0.2, -0.15) is 0 Å². The van der Waals surface area contributed by atoms with Crippen molar-refractivity contribution in [1.29, 1.82) is 0 Å². The third kappa shape index (κ3) is 3.40. The number of imide groups is 1. The van der Waals surface area contributed by atoms with Gasteiger partial charge in [0.2, 0.25) is 11.8 Å². The third-order valence-corrected chi connectivity index (χ3v) is 3.35. The molecule has 2 amide bonds. The van der Waals surface area contributed by atoms with Gasteiger partial charge >= 0.3 is 0 Å². The lowest BCUT2D eigenvalue weighted by Crippen LogP contribution is -2.47. The Balaban J connectivity index is 2.78. The maximum atomic E-state index is 11.8. The van der Waals surface area contributed by atoms with E-state index >= 15 is 0 Å². The van der Waals surface area contributed by atoms with Crippen LogP contribution in [0.1, 0.15) is 13.3 Å². The van der Waals surface area contributed by atoms with Gasteiger partial charge in [0.05, 0.1) is 6.54 Å². The van der Waals surface area contributed by atoms with Gasteiger partial charge < -0.3 is 14.6 Å². The van der Waals surface area contributed by atoms with Crippen LogP contribution in [0.4, 0.5) is 0 Å². The molecular weight excluding hydrogens is 250 g/mol. The van der Waals surface area contributed by atoms with Gasteiger partial charge in [-0.3, -0.25) is 14.5 Å². The van der Waals surface area contributed by atoms with Gasteiger partial charge in [0.25, 0.3) is 0 Å². The van der Waals surface area contributed by atoms with Crippen molar-refractivity contribution in [3.05, 3.63) is 12.7 Å². The summed E-state index contributed by atoms with van der Waals surface area (Å²) < 4.78 is 10.4. The Hall–Kier alpha value is -1.24. The largest absolute Gasteiger partial charge is 0.386 e. The van der Waals surface area contributed by atoms with E-state index in [1.807, 2.05) is 0 Å². The number of carbonyl (C=O) groups excluding carboxylic acids is 2. The van der Waals surface area contributed by atoms with Crippen LogP contribution >= 0.6 is 0 Å². The van der Waals surface area contributed by atoms with Crippen LogP contribution in [0.3, 0.4) is 0 Å². The highest BCUT2D eigenvalue weighted by atomic mass is 16.5. The molecule has 0 spiro atoms. The molecule has 6 nitrogen and oxygen atoms in total. The number of nitrogens with zero attached hydrogens (tertiary/aromatic N) is 1. The number of ether oxygens (including phenoxy) is 2. The zero-order valence-corrected chi connectivity index (χ0v) is 11.5. The Morgan fingerprint density at radius 1 is 1.47 bits per heavy atom. The number of amides is 2. The molecule has 0 bridgehead atoms. The van der Waals surface area contributed by atoms with E-state index in [-0.39, 0.29) is 30.7 Å². The molecule has 0 aromatic rings. The monoisotopic (exact) mass is 271 g/mol. The van der Waals surface area contributed by atoms with Crippen molar-refractivity contribution in [3.63, 3.8) is 0 Å². The van der Waals surface area contributed by atoms with Crippen LogP contribution in [-0.2, 0) is 19.1 Å². The minimum absolute atomic E-state index is 0.0713. The summed E-state index contributed by atoms with van der Waals surface area (Å²) in [5.41, 5.74) is 0. The van der Waals surface area contributed by atoms with Crippen LogP contribution in [0.2, 0.25) is 0 Å². The minimum Gasteiger partial charge on any atom is -0.386 e.